The van der Waals surface area contributed by atoms with Crippen LogP contribution in [-0.4, -0.2) is 40.6 Å². The molecule has 0 amide bonds. The van der Waals surface area contributed by atoms with Crippen molar-refractivity contribution in [2.24, 2.45) is 0 Å². The first-order valence-corrected chi connectivity index (χ1v) is 11.0. The molecule has 0 aliphatic heterocycles. The molecule has 2 N–H and O–H groups in total. The van der Waals surface area contributed by atoms with Crippen molar-refractivity contribution in [3.8, 4) is 0 Å². The van der Waals surface area contributed by atoms with E-state index in [2.05, 4.69) is 4.72 Å². The van der Waals surface area contributed by atoms with E-state index in [9.17, 15) is 13.5 Å². The minimum atomic E-state index is -3.63. The Morgan fingerprint density at radius 3 is 2.21 bits per heavy atom. The predicted octanol–water partition coefficient (Wildman–Crippen LogP) is 1.86. The average Bonchev–Trinajstić information content (AvgIpc) is 2.53. The van der Waals surface area contributed by atoms with Crippen LogP contribution in [0.2, 0.25) is 4.82 Å². The molecule has 1 atom stereocenters. The molecule has 2 rings (SSSR count). The number of aryl methyl sites for hydroxylation is 1. The Balaban J connectivity index is 2.19. The third kappa shape index (κ3) is 4.91. The van der Waals surface area contributed by atoms with Gasteiger partial charge in [-0.1, -0.05) is 0 Å². The molecule has 2 aromatic rings. The summed E-state index contributed by atoms with van der Waals surface area (Å²) >= 11 is -0.0463. The maximum atomic E-state index is 12.6. The number of aliphatic hydroxyl groups is 1. The number of hydrogen-bond acceptors (Lipinski definition) is 3. The Labute approximate surface area is 150 Å². The monoisotopic (exact) mass is 413 g/mol. The minimum absolute atomic E-state index is 0.0463. The van der Waals surface area contributed by atoms with Crippen LogP contribution < -0.4 is 9.18 Å². The van der Waals surface area contributed by atoms with Gasteiger partial charge < -0.3 is 0 Å². The molecule has 24 heavy (non-hydrogen) atoms. The van der Waals surface area contributed by atoms with E-state index >= 15 is 0 Å². The standard InChI is InChI=1S/C18H23NO3SSe/c1-14-9-11-15(12-10-14)23(21,22)19-18(2,3)17(13-20)24-16-7-5-4-6-8-16/h4-12,17,19-20H,13H2,1-3H3. The molecule has 0 saturated carbocycles. The van der Waals surface area contributed by atoms with Crippen molar-refractivity contribution in [2.45, 2.75) is 36.0 Å². The van der Waals surface area contributed by atoms with Crippen molar-refractivity contribution >= 4 is 29.4 Å². The van der Waals surface area contributed by atoms with Gasteiger partial charge in [-0.3, -0.25) is 0 Å². The molecule has 0 spiro atoms. The van der Waals surface area contributed by atoms with Crippen LogP contribution in [0, 0.1) is 6.92 Å². The van der Waals surface area contributed by atoms with Gasteiger partial charge in [0.2, 0.25) is 0 Å². The van der Waals surface area contributed by atoms with Crippen LogP contribution in [-0.2, 0) is 10.0 Å². The topological polar surface area (TPSA) is 66.4 Å². The Hall–Kier alpha value is -1.17. The van der Waals surface area contributed by atoms with Crippen LogP contribution in [0.5, 0.6) is 0 Å². The van der Waals surface area contributed by atoms with Crippen LogP contribution in [0.4, 0.5) is 0 Å². The number of rotatable bonds is 7. The molecule has 1 unspecified atom stereocenters. The molecule has 0 aliphatic carbocycles. The van der Waals surface area contributed by atoms with Gasteiger partial charge in [-0.2, -0.15) is 0 Å². The summed E-state index contributed by atoms with van der Waals surface area (Å²) in [4.78, 5) is 0.0673. The summed E-state index contributed by atoms with van der Waals surface area (Å²) in [5, 5.41) is 9.81. The first-order valence-electron chi connectivity index (χ1n) is 7.68. The Bertz CT molecular complexity index is 759. The molecule has 0 radical (unpaired) electrons. The molecular formula is C18H23NO3SSe. The molecule has 0 fully saturated rings. The molecular weight excluding hydrogens is 389 g/mol. The maximum absolute atomic E-state index is 12.6. The summed E-state index contributed by atoms with van der Waals surface area (Å²) in [6.07, 6.45) is 0. The van der Waals surface area contributed by atoms with Gasteiger partial charge in [0.15, 0.2) is 0 Å². The third-order valence-corrected chi connectivity index (χ3v) is 8.70. The average molecular weight is 412 g/mol. The number of aliphatic hydroxyl groups excluding tert-OH is 1. The zero-order valence-corrected chi connectivity index (χ0v) is 16.6. The molecule has 130 valence electrons. The SMILES string of the molecule is Cc1ccc(S(=O)(=O)NC(C)(C)C(CO)[Se]c2ccccc2)cc1. The van der Waals surface area contributed by atoms with Crippen molar-refractivity contribution in [3.63, 3.8) is 0 Å². The number of hydrogen-bond donors (Lipinski definition) is 2. The molecule has 2 aromatic carbocycles. The van der Waals surface area contributed by atoms with E-state index < -0.39 is 15.6 Å². The normalized spacial score (nSPS) is 13.7. The fourth-order valence-corrected chi connectivity index (χ4v) is 6.13. The van der Waals surface area contributed by atoms with Gasteiger partial charge in [0.25, 0.3) is 0 Å². The second kappa shape index (κ2) is 7.81. The van der Waals surface area contributed by atoms with Gasteiger partial charge in [0, 0.05) is 0 Å². The first-order chi connectivity index (χ1) is 11.2. The van der Waals surface area contributed by atoms with Crippen molar-refractivity contribution in [3.05, 3.63) is 60.2 Å². The zero-order chi connectivity index (χ0) is 17.8. The van der Waals surface area contributed by atoms with Crippen LogP contribution in [0.3, 0.4) is 0 Å². The van der Waals surface area contributed by atoms with E-state index in [0.29, 0.717) is 0 Å². The Kier molecular flexibility index (Phi) is 6.23. The van der Waals surface area contributed by atoms with Crippen LogP contribution in [0.1, 0.15) is 19.4 Å². The summed E-state index contributed by atoms with van der Waals surface area (Å²) in [6.45, 7) is 5.49. The first kappa shape index (κ1) is 19.2. The molecule has 0 heterocycles. The zero-order valence-electron chi connectivity index (χ0n) is 14.1. The predicted molar refractivity (Wildman–Crippen MR) is 98.2 cm³/mol. The van der Waals surface area contributed by atoms with Gasteiger partial charge >= 0.3 is 150 Å². The van der Waals surface area contributed by atoms with Crippen molar-refractivity contribution in [2.75, 3.05) is 6.61 Å². The van der Waals surface area contributed by atoms with Crippen molar-refractivity contribution in [1.82, 2.24) is 4.72 Å². The summed E-state index contributed by atoms with van der Waals surface area (Å²) < 4.78 is 29.2. The second-order valence-corrected chi connectivity index (χ2v) is 10.6. The molecule has 0 aliphatic rings. The van der Waals surface area contributed by atoms with Crippen molar-refractivity contribution < 1.29 is 13.5 Å². The molecule has 0 bridgehead atoms. The van der Waals surface area contributed by atoms with Gasteiger partial charge in [-0.25, -0.2) is 0 Å². The van der Waals surface area contributed by atoms with Gasteiger partial charge in [0.1, 0.15) is 0 Å². The fraction of sp³-hybridized carbons (Fsp3) is 0.333. The fourth-order valence-electron chi connectivity index (χ4n) is 2.26. The van der Waals surface area contributed by atoms with Gasteiger partial charge in [0.05, 0.1) is 0 Å². The number of nitrogens with one attached hydrogen (secondary N) is 1. The van der Waals surface area contributed by atoms with Gasteiger partial charge in [-0.15, -0.1) is 0 Å². The number of sulfonamides is 1. The molecule has 4 nitrogen and oxygen atoms in total. The second-order valence-electron chi connectivity index (χ2n) is 6.24. The molecule has 0 aromatic heterocycles. The van der Waals surface area contributed by atoms with Crippen LogP contribution in [0.25, 0.3) is 0 Å². The molecule has 6 heteroatoms. The van der Waals surface area contributed by atoms with E-state index in [1.165, 1.54) is 0 Å². The van der Waals surface area contributed by atoms with E-state index in [-0.39, 0.29) is 31.3 Å². The summed E-state index contributed by atoms with van der Waals surface area (Å²) in [7, 11) is -3.63. The third-order valence-electron chi connectivity index (χ3n) is 3.72. The molecule has 0 saturated heterocycles. The number of benzene rings is 2. The van der Waals surface area contributed by atoms with E-state index in [4.69, 9.17) is 0 Å². The summed E-state index contributed by atoms with van der Waals surface area (Å²) in [5.74, 6) is 0. The Morgan fingerprint density at radius 2 is 1.67 bits per heavy atom. The van der Waals surface area contributed by atoms with Crippen molar-refractivity contribution in [1.29, 1.82) is 0 Å². The summed E-state index contributed by atoms with van der Waals surface area (Å²) in [5.41, 5.74) is 0.253. The van der Waals surface area contributed by atoms with E-state index in [0.717, 1.165) is 10.0 Å². The Morgan fingerprint density at radius 1 is 1.08 bits per heavy atom. The quantitative estimate of drug-likeness (QED) is 0.683. The van der Waals surface area contributed by atoms with Crippen LogP contribution in [0.15, 0.2) is 59.5 Å². The van der Waals surface area contributed by atoms with Crippen LogP contribution >= 0.6 is 0 Å². The van der Waals surface area contributed by atoms with E-state index in [1.807, 2.05) is 51.1 Å². The van der Waals surface area contributed by atoms with E-state index in [1.54, 1.807) is 24.3 Å². The summed E-state index contributed by atoms with van der Waals surface area (Å²) in [6, 6.07) is 16.6. The van der Waals surface area contributed by atoms with Gasteiger partial charge in [-0.05, 0) is 0 Å².